The van der Waals surface area contributed by atoms with E-state index in [0.717, 1.165) is 10.1 Å². The van der Waals surface area contributed by atoms with Crippen LogP contribution in [0.4, 0.5) is 8.78 Å². The van der Waals surface area contributed by atoms with Crippen molar-refractivity contribution in [3.05, 3.63) is 35.2 Å². The maximum atomic E-state index is 12.4. The average molecular weight is 271 g/mol. The van der Waals surface area contributed by atoms with Crippen LogP contribution in [-0.4, -0.2) is 24.6 Å². The summed E-state index contributed by atoms with van der Waals surface area (Å²) in [5, 5.41) is 16.0. The molecular weight excluding hydrogens is 256 g/mol. The van der Waals surface area contributed by atoms with E-state index in [4.69, 9.17) is 0 Å². The van der Waals surface area contributed by atoms with Crippen molar-refractivity contribution in [3.8, 4) is 0 Å². The zero-order valence-corrected chi connectivity index (χ0v) is 10.8. The molecule has 2 N–H and O–H groups in total. The molecule has 0 radical (unpaired) electrons. The van der Waals surface area contributed by atoms with Crippen LogP contribution in [0.15, 0.2) is 29.6 Å². The second kappa shape index (κ2) is 5.73. The van der Waals surface area contributed by atoms with E-state index in [2.05, 4.69) is 5.32 Å². The number of aliphatic hydroxyl groups excluding tert-OH is 1. The van der Waals surface area contributed by atoms with Gasteiger partial charge in [0.15, 0.2) is 0 Å². The molecule has 1 aromatic carbocycles. The zero-order valence-electron chi connectivity index (χ0n) is 9.94. The molecule has 0 saturated carbocycles. The fraction of sp³-hybridized carbons (Fsp3) is 0.385. The second-order valence-corrected chi connectivity index (χ2v) is 5.13. The maximum absolute atomic E-state index is 12.4. The van der Waals surface area contributed by atoms with Gasteiger partial charge in [0.2, 0.25) is 6.43 Å². The number of halogens is 2. The lowest BCUT2D eigenvalue weighted by Crippen LogP contribution is -2.33. The van der Waals surface area contributed by atoms with Gasteiger partial charge < -0.3 is 10.4 Å². The average Bonchev–Trinajstić information content (AvgIpc) is 2.81. The Morgan fingerprint density at radius 2 is 2.11 bits per heavy atom. The maximum Gasteiger partial charge on any atom is 0.240 e. The van der Waals surface area contributed by atoms with Crippen LogP contribution in [-0.2, 0) is 0 Å². The summed E-state index contributed by atoms with van der Waals surface area (Å²) in [6, 6.07) is 6.91. The summed E-state index contributed by atoms with van der Waals surface area (Å²) in [6.45, 7) is 0. The highest BCUT2D eigenvalue weighted by atomic mass is 32.1. The van der Waals surface area contributed by atoms with Gasteiger partial charge in [-0.15, -0.1) is 11.3 Å². The third-order valence-corrected chi connectivity index (χ3v) is 3.89. The van der Waals surface area contributed by atoms with Crippen molar-refractivity contribution in [1.82, 2.24) is 5.32 Å². The molecule has 2 rings (SSSR count). The summed E-state index contributed by atoms with van der Waals surface area (Å²) in [4.78, 5) is 0. The van der Waals surface area contributed by atoms with E-state index in [0.29, 0.717) is 5.56 Å². The van der Waals surface area contributed by atoms with Gasteiger partial charge >= 0.3 is 0 Å². The van der Waals surface area contributed by atoms with Gasteiger partial charge in [-0.2, -0.15) is 0 Å². The van der Waals surface area contributed by atoms with Gasteiger partial charge in [-0.05, 0) is 35.5 Å². The SMILES string of the molecule is CNC(CC(F)F)C(O)c1ccc2ccsc2c1. The summed E-state index contributed by atoms with van der Waals surface area (Å²) < 4.78 is 25.9. The Labute approximate surface area is 108 Å². The van der Waals surface area contributed by atoms with Gasteiger partial charge in [0.1, 0.15) is 0 Å². The van der Waals surface area contributed by atoms with Crippen molar-refractivity contribution in [2.24, 2.45) is 0 Å². The fourth-order valence-corrected chi connectivity index (χ4v) is 2.82. The minimum atomic E-state index is -2.43. The number of aliphatic hydroxyl groups is 1. The number of hydrogen-bond donors (Lipinski definition) is 2. The van der Waals surface area contributed by atoms with Gasteiger partial charge in [-0.1, -0.05) is 12.1 Å². The number of thiophene rings is 1. The lowest BCUT2D eigenvalue weighted by Gasteiger charge is -2.22. The van der Waals surface area contributed by atoms with Gasteiger partial charge in [-0.25, -0.2) is 8.78 Å². The van der Waals surface area contributed by atoms with Crippen LogP contribution in [0.1, 0.15) is 18.1 Å². The summed E-state index contributed by atoms with van der Waals surface area (Å²) >= 11 is 1.57. The quantitative estimate of drug-likeness (QED) is 0.875. The van der Waals surface area contributed by atoms with Gasteiger partial charge in [0, 0.05) is 17.2 Å². The smallest absolute Gasteiger partial charge is 0.240 e. The van der Waals surface area contributed by atoms with Crippen LogP contribution >= 0.6 is 11.3 Å². The Hall–Kier alpha value is -1.04. The Balaban J connectivity index is 2.22. The number of likely N-dealkylation sites (N-methyl/N-ethyl adjacent to an activating group) is 1. The van der Waals surface area contributed by atoms with E-state index in [1.165, 1.54) is 0 Å². The Morgan fingerprint density at radius 1 is 1.33 bits per heavy atom. The van der Waals surface area contributed by atoms with Crippen molar-refractivity contribution in [2.75, 3.05) is 7.05 Å². The van der Waals surface area contributed by atoms with E-state index in [-0.39, 0.29) is 6.42 Å². The van der Waals surface area contributed by atoms with E-state index in [9.17, 15) is 13.9 Å². The normalized spacial score (nSPS) is 15.2. The monoisotopic (exact) mass is 271 g/mol. The second-order valence-electron chi connectivity index (χ2n) is 4.18. The van der Waals surface area contributed by atoms with E-state index < -0.39 is 18.6 Å². The Morgan fingerprint density at radius 3 is 2.78 bits per heavy atom. The van der Waals surface area contributed by atoms with Crippen LogP contribution in [0.3, 0.4) is 0 Å². The van der Waals surface area contributed by atoms with Gasteiger partial charge in [0.25, 0.3) is 0 Å². The molecule has 0 spiro atoms. The Bertz CT molecular complexity index is 514. The van der Waals surface area contributed by atoms with Crippen LogP contribution in [0.5, 0.6) is 0 Å². The molecule has 0 fully saturated rings. The predicted octanol–water partition coefficient (Wildman–Crippen LogP) is 3.18. The van der Waals surface area contributed by atoms with Crippen molar-refractivity contribution < 1.29 is 13.9 Å². The molecule has 0 saturated heterocycles. The third-order valence-electron chi connectivity index (χ3n) is 3.01. The number of alkyl halides is 2. The molecule has 0 aliphatic heterocycles. The molecule has 2 nitrogen and oxygen atoms in total. The van der Waals surface area contributed by atoms with E-state index in [1.807, 2.05) is 23.6 Å². The molecule has 0 amide bonds. The summed E-state index contributed by atoms with van der Waals surface area (Å²) in [5.41, 5.74) is 0.671. The largest absolute Gasteiger partial charge is 0.387 e. The molecule has 1 heterocycles. The van der Waals surface area contributed by atoms with Gasteiger partial charge in [-0.3, -0.25) is 0 Å². The van der Waals surface area contributed by atoms with Crippen molar-refractivity contribution in [2.45, 2.75) is 25.0 Å². The van der Waals surface area contributed by atoms with Crippen molar-refractivity contribution >= 4 is 21.4 Å². The van der Waals surface area contributed by atoms with Crippen LogP contribution in [0.2, 0.25) is 0 Å². The number of fused-ring (bicyclic) bond motifs is 1. The third kappa shape index (κ3) is 2.85. The molecule has 18 heavy (non-hydrogen) atoms. The van der Waals surface area contributed by atoms with Crippen LogP contribution < -0.4 is 5.32 Å². The molecule has 2 atom stereocenters. The molecule has 2 aromatic rings. The fourth-order valence-electron chi connectivity index (χ4n) is 1.98. The first-order valence-electron chi connectivity index (χ1n) is 5.72. The first kappa shape index (κ1) is 13.4. The van der Waals surface area contributed by atoms with Crippen molar-refractivity contribution in [1.29, 1.82) is 0 Å². The molecular formula is C13H15F2NOS. The molecule has 5 heteroatoms. The van der Waals surface area contributed by atoms with Crippen molar-refractivity contribution in [3.63, 3.8) is 0 Å². The Kier molecular flexibility index (Phi) is 4.27. The highest BCUT2D eigenvalue weighted by Gasteiger charge is 2.23. The lowest BCUT2D eigenvalue weighted by molar-refractivity contribution is 0.0686. The number of benzene rings is 1. The molecule has 0 bridgehead atoms. The zero-order chi connectivity index (χ0) is 13.1. The number of nitrogens with one attached hydrogen (secondary N) is 1. The number of rotatable bonds is 5. The minimum absolute atomic E-state index is 0.361. The molecule has 0 aliphatic carbocycles. The standard InChI is InChI=1S/C13H15F2NOS/c1-16-10(7-12(14)15)13(17)9-3-2-8-4-5-18-11(8)6-9/h2-6,10,12-13,16-17H,7H2,1H3. The molecule has 2 unspecified atom stereocenters. The molecule has 98 valence electrons. The van der Waals surface area contributed by atoms with E-state index >= 15 is 0 Å². The highest BCUT2D eigenvalue weighted by molar-refractivity contribution is 7.17. The number of hydrogen-bond acceptors (Lipinski definition) is 3. The highest BCUT2D eigenvalue weighted by Crippen LogP contribution is 2.27. The molecule has 1 aromatic heterocycles. The first-order chi connectivity index (χ1) is 8.61. The van der Waals surface area contributed by atoms with E-state index in [1.54, 1.807) is 24.5 Å². The van der Waals surface area contributed by atoms with Gasteiger partial charge in [0.05, 0.1) is 6.10 Å². The van der Waals surface area contributed by atoms with Crippen LogP contribution in [0, 0.1) is 0 Å². The summed E-state index contributed by atoms with van der Waals surface area (Å²) in [6.07, 6.45) is -3.71. The lowest BCUT2D eigenvalue weighted by atomic mass is 9.99. The minimum Gasteiger partial charge on any atom is -0.387 e. The van der Waals surface area contributed by atoms with Crippen LogP contribution in [0.25, 0.3) is 10.1 Å². The molecule has 0 aliphatic rings. The summed E-state index contributed by atoms with van der Waals surface area (Å²) in [7, 11) is 1.58. The predicted molar refractivity (Wildman–Crippen MR) is 70.3 cm³/mol. The topological polar surface area (TPSA) is 32.3 Å². The first-order valence-corrected chi connectivity index (χ1v) is 6.60. The summed E-state index contributed by atoms with van der Waals surface area (Å²) in [5.74, 6) is 0.